The Balaban J connectivity index is 2.02. The van der Waals surface area contributed by atoms with Crippen LogP contribution < -0.4 is 14.2 Å². The molecule has 0 bridgehead atoms. The molecule has 2 aromatic rings. The summed E-state index contributed by atoms with van der Waals surface area (Å²) in [5, 5.41) is 10.5. The van der Waals surface area contributed by atoms with E-state index in [0.29, 0.717) is 24.3 Å². The van der Waals surface area contributed by atoms with Gasteiger partial charge in [-0.15, -0.1) is 0 Å². The third-order valence-corrected chi connectivity index (χ3v) is 5.50. The van der Waals surface area contributed by atoms with Crippen LogP contribution in [0.5, 0.6) is 11.5 Å². The Bertz CT molecular complexity index is 819. The molecule has 0 spiro atoms. The van der Waals surface area contributed by atoms with Gasteiger partial charge in [0.2, 0.25) is 10.0 Å². The second-order valence-electron chi connectivity index (χ2n) is 6.32. The van der Waals surface area contributed by atoms with Crippen molar-refractivity contribution in [3.8, 4) is 11.5 Å². The van der Waals surface area contributed by atoms with Crippen molar-refractivity contribution in [2.24, 2.45) is 0 Å². The van der Waals surface area contributed by atoms with Crippen molar-refractivity contribution < 1.29 is 23.0 Å². The summed E-state index contributed by atoms with van der Waals surface area (Å²) in [6.07, 6.45) is 1.09. The number of hydrogen-bond donors (Lipinski definition) is 2. The summed E-state index contributed by atoms with van der Waals surface area (Å²) < 4.78 is 37.7. The minimum Gasteiger partial charge on any atom is -0.493 e. The summed E-state index contributed by atoms with van der Waals surface area (Å²) in [6.45, 7) is 1.53. The van der Waals surface area contributed by atoms with E-state index in [-0.39, 0.29) is 11.4 Å². The Hall–Kier alpha value is -2.09. The Kier molecular flexibility index (Phi) is 6.63. The Labute approximate surface area is 154 Å². The molecule has 7 heteroatoms. The van der Waals surface area contributed by atoms with E-state index < -0.39 is 15.6 Å². The van der Waals surface area contributed by atoms with Gasteiger partial charge < -0.3 is 14.6 Å². The smallest absolute Gasteiger partial charge is 0.240 e. The molecule has 0 aromatic heterocycles. The normalized spacial score (nSPS) is 13.8. The van der Waals surface area contributed by atoms with Crippen LogP contribution in [0.2, 0.25) is 0 Å². The second-order valence-corrected chi connectivity index (χ2v) is 8.09. The van der Waals surface area contributed by atoms with Crippen molar-refractivity contribution in [3.63, 3.8) is 0 Å². The minimum atomic E-state index is -3.78. The van der Waals surface area contributed by atoms with E-state index in [1.165, 1.54) is 32.4 Å². The molecule has 0 aliphatic rings. The molecule has 142 valence electrons. The van der Waals surface area contributed by atoms with Crippen LogP contribution in [-0.2, 0) is 16.4 Å². The molecule has 0 heterocycles. The van der Waals surface area contributed by atoms with Crippen molar-refractivity contribution in [2.45, 2.75) is 30.3 Å². The highest BCUT2D eigenvalue weighted by Gasteiger charge is 2.25. The van der Waals surface area contributed by atoms with Crippen LogP contribution in [0, 0.1) is 0 Å². The quantitative estimate of drug-likeness (QED) is 0.699. The first-order valence-corrected chi connectivity index (χ1v) is 9.74. The van der Waals surface area contributed by atoms with Crippen LogP contribution in [0.25, 0.3) is 0 Å². The van der Waals surface area contributed by atoms with Crippen LogP contribution in [0.1, 0.15) is 18.9 Å². The Morgan fingerprint density at radius 2 is 1.69 bits per heavy atom. The van der Waals surface area contributed by atoms with Gasteiger partial charge in [-0.05, 0) is 37.5 Å². The summed E-state index contributed by atoms with van der Waals surface area (Å²) in [5.41, 5.74) is -0.0741. The number of aryl methyl sites for hydroxylation is 1. The summed E-state index contributed by atoms with van der Waals surface area (Å²) in [7, 11) is -0.859. The number of rotatable bonds is 9. The fourth-order valence-corrected chi connectivity index (χ4v) is 3.64. The topological polar surface area (TPSA) is 84.9 Å². The highest BCUT2D eigenvalue weighted by molar-refractivity contribution is 7.89. The predicted molar refractivity (Wildman–Crippen MR) is 100 cm³/mol. The van der Waals surface area contributed by atoms with Crippen molar-refractivity contribution in [1.82, 2.24) is 4.72 Å². The zero-order chi connectivity index (χ0) is 19.2. The lowest BCUT2D eigenvalue weighted by atomic mass is 9.97. The standard InChI is InChI=1S/C19H25NO5S/c1-19(21,12-11-15-7-5-4-6-8-15)14-20-26(22,23)16-9-10-17(24-2)18(13-16)25-3/h4-10,13,20-21H,11-12,14H2,1-3H3. The molecule has 0 saturated carbocycles. The van der Waals surface area contributed by atoms with Crippen LogP contribution in [0.3, 0.4) is 0 Å². The number of sulfonamides is 1. The van der Waals surface area contributed by atoms with Gasteiger partial charge in [-0.3, -0.25) is 0 Å². The second kappa shape index (κ2) is 8.53. The van der Waals surface area contributed by atoms with Gasteiger partial charge in [-0.2, -0.15) is 0 Å². The molecule has 0 saturated heterocycles. The molecular weight excluding hydrogens is 354 g/mol. The van der Waals surface area contributed by atoms with Crippen molar-refractivity contribution >= 4 is 10.0 Å². The highest BCUT2D eigenvalue weighted by atomic mass is 32.2. The molecule has 0 aliphatic carbocycles. The highest BCUT2D eigenvalue weighted by Crippen LogP contribution is 2.29. The largest absolute Gasteiger partial charge is 0.493 e. The van der Waals surface area contributed by atoms with Crippen molar-refractivity contribution in [3.05, 3.63) is 54.1 Å². The van der Waals surface area contributed by atoms with Gasteiger partial charge in [0.15, 0.2) is 11.5 Å². The first-order valence-electron chi connectivity index (χ1n) is 8.25. The Morgan fingerprint density at radius 1 is 1.04 bits per heavy atom. The first-order chi connectivity index (χ1) is 12.3. The average molecular weight is 379 g/mol. The zero-order valence-electron chi connectivity index (χ0n) is 15.2. The van der Waals surface area contributed by atoms with Crippen LogP contribution in [0.4, 0.5) is 0 Å². The van der Waals surface area contributed by atoms with Crippen LogP contribution >= 0.6 is 0 Å². The SMILES string of the molecule is COc1ccc(S(=O)(=O)NCC(C)(O)CCc2ccccc2)cc1OC. The third-order valence-electron chi connectivity index (χ3n) is 4.10. The fourth-order valence-electron chi connectivity index (χ4n) is 2.46. The third kappa shape index (κ3) is 5.45. The van der Waals surface area contributed by atoms with Gasteiger partial charge in [-0.1, -0.05) is 30.3 Å². The lowest BCUT2D eigenvalue weighted by Crippen LogP contribution is -2.40. The fraction of sp³-hybridized carbons (Fsp3) is 0.368. The van der Waals surface area contributed by atoms with E-state index in [1.807, 2.05) is 30.3 Å². The molecule has 6 nitrogen and oxygen atoms in total. The van der Waals surface area contributed by atoms with Crippen molar-refractivity contribution in [2.75, 3.05) is 20.8 Å². The van der Waals surface area contributed by atoms with Crippen molar-refractivity contribution in [1.29, 1.82) is 0 Å². The number of aliphatic hydroxyl groups is 1. The predicted octanol–water partition coefficient (Wildman–Crippen LogP) is 2.37. The molecule has 0 aliphatic heterocycles. The molecule has 0 amide bonds. The van der Waals surface area contributed by atoms with E-state index in [1.54, 1.807) is 6.92 Å². The lowest BCUT2D eigenvalue weighted by molar-refractivity contribution is 0.0565. The maximum Gasteiger partial charge on any atom is 0.240 e. The number of methoxy groups -OCH3 is 2. The van der Waals surface area contributed by atoms with Gasteiger partial charge >= 0.3 is 0 Å². The minimum absolute atomic E-state index is 0.0500. The van der Waals surface area contributed by atoms with E-state index in [4.69, 9.17) is 9.47 Å². The molecule has 2 N–H and O–H groups in total. The number of benzene rings is 2. The maximum absolute atomic E-state index is 12.5. The van der Waals surface area contributed by atoms with Crippen LogP contribution in [-0.4, -0.2) is 39.9 Å². The van der Waals surface area contributed by atoms with E-state index in [9.17, 15) is 13.5 Å². The van der Waals surface area contributed by atoms with Gasteiger partial charge in [-0.25, -0.2) is 13.1 Å². The van der Waals surface area contributed by atoms with Gasteiger partial charge in [0.05, 0.1) is 24.7 Å². The molecule has 2 rings (SSSR count). The first kappa shape index (κ1) is 20.2. The molecule has 0 fully saturated rings. The average Bonchev–Trinajstić information content (AvgIpc) is 2.65. The molecule has 1 unspecified atom stereocenters. The van der Waals surface area contributed by atoms with E-state index in [2.05, 4.69) is 4.72 Å². The molecular formula is C19H25NO5S. The summed E-state index contributed by atoms with van der Waals surface area (Å²) in [6, 6.07) is 14.1. The summed E-state index contributed by atoms with van der Waals surface area (Å²) in [4.78, 5) is 0.0500. The molecule has 26 heavy (non-hydrogen) atoms. The van der Waals surface area contributed by atoms with E-state index >= 15 is 0 Å². The summed E-state index contributed by atoms with van der Waals surface area (Å²) in [5.74, 6) is 0.771. The molecule has 0 radical (unpaired) electrons. The number of ether oxygens (including phenoxy) is 2. The maximum atomic E-state index is 12.5. The van der Waals surface area contributed by atoms with Gasteiger partial charge in [0, 0.05) is 12.6 Å². The molecule has 1 atom stereocenters. The van der Waals surface area contributed by atoms with Crippen LogP contribution in [0.15, 0.2) is 53.4 Å². The zero-order valence-corrected chi connectivity index (χ0v) is 16.0. The lowest BCUT2D eigenvalue weighted by Gasteiger charge is -2.23. The van der Waals surface area contributed by atoms with Gasteiger partial charge in [0.1, 0.15) is 0 Å². The van der Waals surface area contributed by atoms with E-state index in [0.717, 1.165) is 5.56 Å². The summed E-state index contributed by atoms with van der Waals surface area (Å²) >= 11 is 0. The number of hydrogen-bond acceptors (Lipinski definition) is 5. The monoisotopic (exact) mass is 379 g/mol. The number of nitrogens with one attached hydrogen (secondary N) is 1. The van der Waals surface area contributed by atoms with Gasteiger partial charge in [0.25, 0.3) is 0 Å². The Morgan fingerprint density at radius 3 is 2.31 bits per heavy atom. The molecule has 2 aromatic carbocycles.